The largest absolute Gasteiger partial charge is 0.573 e. The van der Waals surface area contributed by atoms with Crippen LogP contribution >= 0.6 is 0 Å². The number of aromatic amines is 1. The van der Waals surface area contributed by atoms with Crippen LogP contribution < -0.4 is 10.1 Å². The third kappa shape index (κ3) is 3.40. The highest BCUT2D eigenvalue weighted by Crippen LogP contribution is 2.31. The van der Waals surface area contributed by atoms with E-state index >= 15 is 0 Å². The Labute approximate surface area is 132 Å². The first kappa shape index (κ1) is 15.7. The number of carbonyl (C=O) groups is 1. The number of aromatic carboxylic acids is 1. The number of fused-ring (bicyclic) bond motifs is 1. The Bertz CT molecular complexity index is 906. The molecule has 0 aliphatic rings. The number of rotatable bonds is 4. The van der Waals surface area contributed by atoms with Gasteiger partial charge in [0.25, 0.3) is 0 Å². The van der Waals surface area contributed by atoms with Crippen LogP contribution in [0.2, 0.25) is 0 Å². The summed E-state index contributed by atoms with van der Waals surface area (Å²) in [5.74, 6) is -1.34. The van der Waals surface area contributed by atoms with Gasteiger partial charge in [-0.1, -0.05) is 12.1 Å². The van der Waals surface area contributed by atoms with Crippen LogP contribution in [0.15, 0.2) is 42.5 Å². The molecule has 0 amide bonds. The molecule has 0 fully saturated rings. The lowest BCUT2D eigenvalue weighted by Gasteiger charge is -2.13. The zero-order valence-corrected chi connectivity index (χ0v) is 11.9. The van der Waals surface area contributed by atoms with Crippen LogP contribution in [0.5, 0.6) is 5.75 Å². The molecule has 24 heavy (non-hydrogen) atoms. The Morgan fingerprint density at radius 3 is 2.67 bits per heavy atom. The van der Waals surface area contributed by atoms with Crippen LogP contribution in [0, 0.1) is 0 Å². The van der Waals surface area contributed by atoms with Crippen LogP contribution in [0.4, 0.5) is 24.8 Å². The van der Waals surface area contributed by atoms with E-state index in [4.69, 9.17) is 5.11 Å². The van der Waals surface area contributed by atoms with Gasteiger partial charge < -0.3 is 20.1 Å². The first-order chi connectivity index (χ1) is 11.3. The molecule has 0 saturated heterocycles. The summed E-state index contributed by atoms with van der Waals surface area (Å²) in [4.78, 5) is 17.9. The molecule has 0 unspecified atom stereocenters. The van der Waals surface area contributed by atoms with Gasteiger partial charge in [-0.05, 0) is 30.3 Å². The number of nitrogens with one attached hydrogen (secondary N) is 2. The number of ether oxygens (including phenoxy) is 1. The van der Waals surface area contributed by atoms with Gasteiger partial charge in [0.15, 0.2) is 5.75 Å². The van der Waals surface area contributed by atoms with E-state index in [0.29, 0.717) is 11.0 Å². The van der Waals surface area contributed by atoms with Crippen molar-refractivity contribution in [3.63, 3.8) is 0 Å². The molecule has 0 radical (unpaired) electrons. The van der Waals surface area contributed by atoms with E-state index in [0.717, 1.165) is 0 Å². The number of hydrogen-bond acceptors (Lipinski definition) is 4. The van der Waals surface area contributed by atoms with Gasteiger partial charge in [0.2, 0.25) is 5.95 Å². The third-order valence-corrected chi connectivity index (χ3v) is 3.09. The molecule has 3 N–H and O–H groups in total. The molecule has 0 bridgehead atoms. The van der Waals surface area contributed by atoms with Gasteiger partial charge in [-0.25, -0.2) is 9.78 Å². The third-order valence-electron chi connectivity index (χ3n) is 3.09. The van der Waals surface area contributed by atoms with Gasteiger partial charge in [-0.15, -0.1) is 13.2 Å². The Morgan fingerprint density at radius 1 is 1.21 bits per heavy atom. The molecular formula is C15H10F3N3O3. The SMILES string of the molecule is O=C(O)c1ccc2nc(Nc3ccccc3OC(F)(F)F)[nH]c2c1. The maximum Gasteiger partial charge on any atom is 0.573 e. The normalized spacial score (nSPS) is 11.5. The minimum Gasteiger partial charge on any atom is -0.478 e. The Morgan fingerprint density at radius 2 is 1.96 bits per heavy atom. The Kier molecular flexibility index (Phi) is 3.76. The van der Waals surface area contributed by atoms with E-state index in [-0.39, 0.29) is 17.2 Å². The topological polar surface area (TPSA) is 87.2 Å². The summed E-state index contributed by atoms with van der Waals surface area (Å²) in [6.07, 6.45) is -4.82. The van der Waals surface area contributed by atoms with Crippen molar-refractivity contribution in [2.45, 2.75) is 6.36 Å². The molecule has 1 heterocycles. The molecule has 3 rings (SSSR count). The molecule has 3 aromatic rings. The van der Waals surface area contributed by atoms with Gasteiger partial charge >= 0.3 is 12.3 Å². The number of hydrogen-bond donors (Lipinski definition) is 3. The highest BCUT2D eigenvalue weighted by molar-refractivity contribution is 5.92. The molecule has 2 aromatic carbocycles. The van der Waals surface area contributed by atoms with Crippen LogP contribution in [0.3, 0.4) is 0 Å². The summed E-state index contributed by atoms with van der Waals surface area (Å²) in [6, 6.07) is 9.78. The minimum absolute atomic E-state index is 0.0624. The van der Waals surface area contributed by atoms with Crippen molar-refractivity contribution in [3.8, 4) is 5.75 Å². The van der Waals surface area contributed by atoms with E-state index in [1.54, 1.807) is 0 Å². The maximum atomic E-state index is 12.4. The highest BCUT2D eigenvalue weighted by Gasteiger charge is 2.32. The summed E-state index contributed by atoms with van der Waals surface area (Å²) in [6.45, 7) is 0. The molecule has 0 aliphatic heterocycles. The van der Waals surface area contributed by atoms with E-state index in [1.807, 2.05) is 0 Å². The summed E-state index contributed by atoms with van der Waals surface area (Å²) in [5, 5.41) is 11.7. The number of anilines is 2. The predicted octanol–water partition coefficient (Wildman–Crippen LogP) is 3.90. The second-order valence-corrected chi connectivity index (χ2v) is 4.79. The molecule has 0 spiro atoms. The standard InChI is InChI=1S/C15H10F3N3O3/c16-15(17,18)24-12-4-2-1-3-10(12)20-14-19-9-6-5-8(13(22)23)7-11(9)21-14/h1-7H,(H,22,23)(H2,19,20,21). The molecule has 0 aliphatic carbocycles. The summed E-state index contributed by atoms with van der Waals surface area (Å²) >= 11 is 0. The number of aromatic nitrogens is 2. The van der Waals surface area contributed by atoms with E-state index < -0.39 is 18.1 Å². The van der Waals surface area contributed by atoms with Crippen LogP contribution in [0.1, 0.15) is 10.4 Å². The highest BCUT2D eigenvalue weighted by atomic mass is 19.4. The van der Waals surface area contributed by atoms with Gasteiger partial charge in [-0.3, -0.25) is 0 Å². The zero-order chi connectivity index (χ0) is 17.3. The number of halogens is 3. The van der Waals surface area contributed by atoms with E-state index in [9.17, 15) is 18.0 Å². The second kappa shape index (κ2) is 5.76. The van der Waals surface area contributed by atoms with Crippen molar-refractivity contribution in [1.29, 1.82) is 0 Å². The molecule has 6 nitrogen and oxygen atoms in total. The van der Waals surface area contributed by atoms with Crippen molar-refractivity contribution in [3.05, 3.63) is 48.0 Å². The van der Waals surface area contributed by atoms with Crippen molar-refractivity contribution < 1.29 is 27.8 Å². The lowest BCUT2D eigenvalue weighted by atomic mass is 10.2. The van der Waals surface area contributed by atoms with Crippen LogP contribution in [-0.4, -0.2) is 27.4 Å². The predicted molar refractivity (Wildman–Crippen MR) is 79.5 cm³/mol. The number of para-hydroxylation sites is 2. The van der Waals surface area contributed by atoms with Crippen molar-refractivity contribution >= 4 is 28.6 Å². The van der Waals surface area contributed by atoms with E-state index in [1.165, 1.54) is 42.5 Å². The number of alkyl halides is 3. The molecule has 0 saturated carbocycles. The first-order valence-electron chi connectivity index (χ1n) is 6.67. The number of nitrogens with zero attached hydrogens (tertiary/aromatic N) is 1. The number of carboxylic acid groups (broad SMARTS) is 1. The molecule has 124 valence electrons. The number of carboxylic acids is 1. The molecule has 1 aromatic heterocycles. The fourth-order valence-electron chi connectivity index (χ4n) is 2.11. The maximum absolute atomic E-state index is 12.4. The van der Waals surface area contributed by atoms with E-state index in [2.05, 4.69) is 20.0 Å². The average molecular weight is 337 g/mol. The second-order valence-electron chi connectivity index (χ2n) is 4.79. The fraction of sp³-hybridized carbons (Fsp3) is 0.0667. The van der Waals surface area contributed by atoms with Gasteiger partial charge in [0.05, 0.1) is 22.3 Å². The quantitative estimate of drug-likeness (QED) is 0.672. The molecular weight excluding hydrogens is 327 g/mol. The zero-order valence-electron chi connectivity index (χ0n) is 11.9. The summed E-state index contributed by atoms with van der Waals surface area (Å²) in [7, 11) is 0. The monoisotopic (exact) mass is 337 g/mol. The Balaban J connectivity index is 1.91. The van der Waals surface area contributed by atoms with Crippen LogP contribution in [0.25, 0.3) is 11.0 Å². The fourth-order valence-corrected chi connectivity index (χ4v) is 2.11. The van der Waals surface area contributed by atoms with Crippen molar-refractivity contribution in [2.24, 2.45) is 0 Å². The number of imidazole rings is 1. The number of benzene rings is 2. The van der Waals surface area contributed by atoms with Crippen molar-refractivity contribution in [1.82, 2.24) is 9.97 Å². The summed E-state index contributed by atoms with van der Waals surface area (Å²) < 4.78 is 41.2. The van der Waals surface area contributed by atoms with Gasteiger partial charge in [0, 0.05) is 0 Å². The molecule has 9 heteroatoms. The Hall–Kier alpha value is -3.23. The first-order valence-corrected chi connectivity index (χ1v) is 6.67. The minimum atomic E-state index is -4.82. The van der Waals surface area contributed by atoms with Gasteiger partial charge in [-0.2, -0.15) is 0 Å². The lowest BCUT2D eigenvalue weighted by Crippen LogP contribution is -2.17. The van der Waals surface area contributed by atoms with Gasteiger partial charge in [0.1, 0.15) is 0 Å². The smallest absolute Gasteiger partial charge is 0.478 e. The summed E-state index contributed by atoms with van der Waals surface area (Å²) in [5.41, 5.74) is 1.04. The number of H-pyrrole nitrogens is 1. The molecule has 0 atom stereocenters. The average Bonchev–Trinajstić information content (AvgIpc) is 2.89. The van der Waals surface area contributed by atoms with Crippen molar-refractivity contribution in [2.75, 3.05) is 5.32 Å². The lowest BCUT2D eigenvalue weighted by molar-refractivity contribution is -0.274. The van der Waals surface area contributed by atoms with Crippen LogP contribution in [-0.2, 0) is 0 Å².